The number of carbonyl (C=O) groups is 1. The molecule has 1 saturated carbocycles. The van der Waals surface area contributed by atoms with Crippen molar-refractivity contribution in [3.05, 3.63) is 136 Å². The second kappa shape index (κ2) is 18.0. The van der Waals surface area contributed by atoms with Gasteiger partial charge in [0.05, 0.1) is 11.4 Å². The Morgan fingerprint density at radius 3 is 1.59 bits per heavy atom. The average Bonchev–Trinajstić information content (AvgIpc) is 3.19. The van der Waals surface area contributed by atoms with Crippen LogP contribution < -0.4 is 32.0 Å². The molecule has 0 spiro atoms. The molecule has 59 heavy (non-hydrogen) atoms. The molecule has 2 N–H and O–H groups in total. The summed E-state index contributed by atoms with van der Waals surface area (Å²) in [6.07, 6.45) is 6.42. The van der Waals surface area contributed by atoms with Gasteiger partial charge in [-0.3, -0.25) is 24.4 Å². The molecule has 0 radical (unpaired) electrons. The van der Waals surface area contributed by atoms with E-state index in [0.717, 1.165) is 37.1 Å². The summed E-state index contributed by atoms with van der Waals surface area (Å²) in [6.45, 7) is 2.59. The molecular weight excluding hydrogens is 772 g/mol. The van der Waals surface area contributed by atoms with E-state index in [-0.39, 0.29) is 53.0 Å². The molecule has 1 aliphatic heterocycles. The lowest BCUT2D eigenvalue weighted by atomic mass is 9.99. The van der Waals surface area contributed by atoms with Crippen LogP contribution in [-0.2, 0) is 17.6 Å². The van der Waals surface area contributed by atoms with Crippen molar-refractivity contribution >= 4 is 39.5 Å². The minimum atomic E-state index is -0.689. The Balaban J connectivity index is 0.000000180. The number of piperidine rings is 1. The summed E-state index contributed by atoms with van der Waals surface area (Å²) in [5, 5.41) is 8.26. The molecule has 1 aliphatic carbocycles. The van der Waals surface area contributed by atoms with Crippen molar-refractivity contribution in [2.45, 2.75) is 64.7 Å². The van der Waals surface area contributed by atoms with E-state index < -0.39 is 34.0 Å². The molecule has 304 valence electrons. The van der Waals surface area contributed by atoms with E-state index in [0.29, 0.717) is 48.2 Å². The van der Waals surface area contributed by atoms with Crippen molar-refractivity contribution in [3.63, 3.8) is 0 Å². The Morgan fingerprint density at radius 1 is 0.695 bits per heavy atom. The average molecular weight is 810 g/mol. The maximum Gasteiger partial charge on any atom is 0.337 e. The lowest BCUT2D eigenvalue weighted by Gasteiger charge is -2.25. The fraction of sp³-hybridized carbons (Fsp3) is 0.293. The zero-order valence-electron chi connectivity index (χ0n) is 31.7. The summed E-state index contributed by atoms with van der Waals surface area (Å²) in [7, 11) is 0. The van der Waals surface area contributed by atoms with Crippen molar-refractivity contribution in [3.8, 4) is 12.0 Å². The number of rotatable bonds is 8. The fourth-order valence-electron chi connectivity index (χ4n) is 6.79. The number of carbonyl (C=O) groups excluding carboxylic acids is 1. The smallest absolute Gasteiger partial charge is 0.337 e. The van der Waals surface area contributed by atoms with Gasteiger partial charge < -0.3 is 23.4 Å². The van der Waals surface area contributed by atoms with Gasteiger partial charge in [0.2, 0.25) is 17.3 Å². The first-order valence-electron chi connectivity index (χ1n) is 18.8. The van der Waals surface area contributed by atoms with Gasteiger partial charge in [-0.05, 0) is 85.0 Å². The predicted octanol–water partition coefficient (Wildman–Crippen LogP) is 5.29. The molecule has 1 saturated heterocycles. The Bertz CT molecular complexity index is 2830. The van der Waals surface area contributed by atoms with Crippen molar-refractivity contribution in [2.24, 2.45) is 10.3 Å². The summed E-state index contributed by atoms with van der Waals surface area (Å²) in [4.78, 5) is 85.9. The lowest BCUT2D eigenvalue weighted by Crippen LogP contribution is -2.37. The molecule has 2 aromatic carbocycles. The predicted molar refractivity (Wildman–Crippen MR) is 211 cm³/mol. The maximum atomic E-state index is 13.5. The van der Waals surface area contributed by atoms with Gasteiger partial charge in [0.1, 0.15) is 22.4 Å². The van der Waals surface area contributed by atoms with Crippen LogP contribution in [0.1, 0.15) is 74.1 Å². The van der Waals surface area contributed by atoms with Gasteiger partial charge in [0.15, 0.2) is 0 Å². The largest absolute Gasteiger partial charge is 0.403 e. The number of benzene rings is 2. The first-order chi connectivity index (χ1) is 28.5. The molecule has 0 bridgehead atoms. The van der Waals surface area contributed by atoms with Gasteiger partial charge in [-0.25, -0.2) is 18.4 Å². The zero-order valence-corrected chi connectivity index (χ0v) is 31.7. The highest BCUT2D eigenvalue weighted by Gasteiger charge is 2.19. The number of nitrogens with zero attached hydrogens (tertiary/aromatic N) is 5. The van der Waals surface area contributed by atoms with E-state index in [9.17, 15) is 32.8 Å². The Morgan fingerprint density at radius 2 is 1.15 bits per heavy atom. The van der Waals surface area contributed by atoms with E-state index in [2.05, 4.69) is 30.2 Å². The van der Waals surface area contributed by atoms with Crippen molar-refractivity contribution in [2.75, 3.05) is 13.1 Å². The molecule has 0 atom stereocenters. The highest BCUT2D eigenvalue weighted by Crippen LogP contribution is 2.20. The number of nitrogens with one attached hydrogen (secondary N) is 2. The number of likely N-dealkylation sites (tertiary alicyclic amines) is 1. The van der Waals surface area contributed by atoms with Crippen molar-refractivity contribution < 1.29 is 32.1 Å². The molecule has 2 aliphatic rings. The molecule has 0 unspecified atom stereocenters. The van der Waals surface area contributed by atoms with E-state index in [1.165, 1.54) is 49.7 Å². The molecule has 4 aromatic heterocycles. The van der Waals surface area contributed by atoms with Gasteiger partial charge in [-0.1, -0.05) is 41.0 Å². The number of oxime groups is 2. The number of fused-ring (bicyclic) bond motifs is 2. The Kier molecular flexibility index (Phi) is 12.2. The number of hydrogen-bond acceptors (Lipinski definition) is 13. The topological polar surface area (TPSA) is 215 Å². The summed E-state index contributed by atoms with van der Waals surface area (Å²) < 4.78 is 37.1. The highest BCUT2D eigenvalue weighted by atomic mass is 19.1. The molecule has 5 heterocycles. The van der Waals surface area contributed by atoms with E-state index >= 15 is 0 Å². The van der Waals surface area contributed by atoms with Crippen LogP contribution in [-0.4, -0.2) is 55.3 Å². The number of amides is 1. The summed E-state index contributed by atoms with van der Waals surface area (Å²) >= 11 is 0. The van der Waals surface area contributed by atoms with Crippen LogP contribution in [0, 0.1) is 11.6 Å². The maximum absolute atomic E-state index is 13.5. The monoisotopic (exact) mass is 809 g/mol. The first-order valence-corrected chi connectivity index (χ1v) is 18.8. The SMILES string of the molecule is CC(=O)N1CCC(=NOc2nc3oc(=O)cc(Cc4cccc(F)c4)c3c(=O)[nH]2)CC1.O=c1cc(Cc2cccc(F)c2)c2c(=O)[nH]c(ON=C3CCCCC3)nc2o1. The summed E-state index contributed by atoms with van der Waals surface area (Å²) in [5.41, 5.74) is 0.858. The highest BCUT2D eigenvalue weighted by molar-refractivity contribution is 5.87. The van der Waals surface area contributed by atoms with Crippen molar-refractivity contribution in [1.29, 1.82) is 0 Å². The van der Waals surface area contributed by atoms with Gasteiger partial charge in [0, 0.05) is 45.0 Å². The second-order valence-electron chi connectivity index (χ2n) is 14.0. The van der Waals surface area contributed by atoms with Gasteiger partial charge in [0.25, 0.3) is 11.1 Å². The van der Waals surface area contributed by atoms with Crippen LogP contribution in [0.15, 0.2) is 99.0 Å². The van der Waals surface area contributed by atoms with Gasteiger partial charge in [-0.15, -0.1) is 0 Å². The summed E-state index contributed by atoms with van der Waals surface area (Å²) in [5.74, 6) is -0.806. The fourth-order valence-corrected chi connectivity index (χ4v) is 6.79. The molecule has 1 amide bonds. The van der Waals surface area contributed by atoms with Crippen LogP contribution in [0.25, 0.3) is 22.2 Å². The van der Waals surface area contributed by atoms with Crippen molar-refractivity contribution in [1.82, 2.24) is 24.8 Å². The third-order valence-electron chi connectivity index (χ3n) is 9.66. The lowest BCUT2D eigenvalue weighted by molar-refractivity contribution is -0.128. The van der Waals surface area contributed by atoms with E-state index in [1.807, 2.05) is 0 Å². The third-order valence-corrected chi connectivity index (χ3v) is 9.66. The zero-order chi connectivity index (χ0) is 41.5. The number of aromatic amines is 2. The standard InChI is InChI=1S/C21H19FN4O5.C20H18FN3O4/c1-12(27)26-7-5-16(6-8-26)25-31-21-23-19(29)18-14(11-17(28)30-20(18)24-21)9-13-3-2-4-15(22)10-13;21-14-6-4-5-12(10-14)9-13-11-16(25)27-19-17(13)18(26)22-20(23-19)28-24-15-7-2-1-3-8-15/h2-4,10-11H,5-9H2,1H3,(H,23,24,29);4-6,10-11H,1-3,7-9H2,(H,22,23,26). The Labute approximate surface area is 332 Å². The van der Waals surface area contributed by atoms with Crippen LogP contribution in [0.5, 0.6) is 12.0 Å². The molecule has 18 heteroatoms. The Hall–Kier alpha value is -7.11. The quantitative estimate of drug-likeness (QED) is 0.188. The molecule has 2 fully saturated rings. The van der Waals surface area contributed by atoms with Crippen LogP contribution in [0.4, 0.5) is 8.78 Å². The molecule has 6 aromatic rings. The summed E-state index contributed by atoms with van der Waals surface area (Å²) in [6, 6.07) is 13.9. The van der Waals surface area contributed by atoms with E-state index in [1.54, 1.807) is 29.2 Å². The first kappa shape index (κ1) is 40.1. The second-order valence-corrected chi connectivity index (χ2v) is 14.0. The molecular formula is C41H37F2N7O9. The number of H-pyrrole nitrogens is 2. The van der Waals surface area contributed by atoms with Gasteiger partial charge in [-0.2, -0.15) is 9.97 Å². The number of halogens is 2. The van der Waals surface area contributed by atoms with Crippen LogP contribution >= 0.6 is 0 Å². The minimum absolute atomic E-state index is 0.00423. The van der Waals surface area contributed by atoms with Crippen LogP contribution in [0.2, 0.25) is 0 Å². The number of aromatic nitrogens is 4. The number of hydrogen-bond donors (Lipinski definition) is 2. The third kappa shape index (κ3) is 10.3. The molecule has 16 nitrogen and oxygen atoms in total. The molecule has 8 rings (SSSR count). The minimum Gasteiger partial charge on any atom is -0.403 e. The van der Waals surface area contributed by atoms with E-state index in [4.69, 9.17) is 18.5 Å². The normalized spacial score (nSPS) is 14.1. The van der Waals surface area contributed by atoms with Crippen LogP contribution in [0.3, 0.4) is 0 Å². The van der Waals surface area contributed by atoms with Gasteiger partial charge >= 0.3 is 23.3 Å².